The van der Waals surface area contributed by atoms with Gasteiger partial charge in [-0.3, -0.25) is 14.7 Å². The zero-order valence-corrected chi connectivity index (χ0v) is 27.8. The van der Waals surface area contributed by atoms with Crippen LogP contribution < -0.4 is 4.74 Å². The van der Waals surface area contributed by atoms with Crippen LogP contribution in [0, 0.1) is 13.8 Å². The van der Waals surface area contributed by atoms with Crippen molar-refractivity contribution in [2.75, 3.05) is 13.7 Å². The summed E-state index contributed by atoms with van der Waals surface area (Å²) < 4.78 is 10.3. The minimum atomic E-state index is -0.972. The Morgan fingerprint density at radius 2 is 1.89 bits per heavy atom. The Kier molecular flexibility index (Phi) is 8.04. The van der Waals surface area contributed by atoms with Crippen molar-refractivity contribution in [2.24, 2.45) is 7.05 Å². The number of carboxylic acid groups (broad SMARTS) is 1. The molecule has 46 heavy (non-hydrogen) atoms. The van der Waals surface area contributed by atoms with Gasteiger partial charge in [0.15, 0.2) is 0 Å². The molecule has 2 N–H and O–H groups in total. The molecule has 6 aromatic rings. The monoisotopic (exact) mass is 654 g/mol. The molecule has 0 radical (unpaired) electrons. The van der Waals surface area contributed by atoms with Gasteiger partial charge in [0.05, 0.1) is 18.0 Å². The lowest BCUT2D eigenvalue weighted by molar-refractivity contribution is 0.0684. The fourth-order valence-corrected chi connectivity index (χ4v) is 7.91. The van der Waals surface area contributed by atoms with Crippen LogP contribution in [0.1, 0.15) is 45.2 Å². The number of fused-ring (bicyclic) bond motifs is 8. The van der Waals surface area contributed by atoms with Crippen molar-refractivity contribution in [1.29, 1.82) is 0 Å². The summed E-state index contributed by atoms with van der Waals surface area (Å²) in [5, 5.41) is 26.6. The smallest absolute Gasteiger partial charge is 0.352 e. The Bertz CT molecular complexity index is 2130. The van der Waals surface area contributed by atoms with E-state index in [1.54, 1.807) is 11.8 Å². The number of H-pyrrole nitrogens is 1. The lowest BCUT2D eigenvalue weighted by atomic mass is 9.96. The summed E-state index contributed by atoms with van der Waals surface area (Å²) in [6.07, 6.45) is 0.617. The van der Waals surface area contributed by atoms with E-state index >= 15 is 0 Å². The maximum Gasteiger partial charge on any atom is 0.352 e. The average molecular weight is 655 g/mol. The number of aryl methyl sites for hydroxylation is 4. The molecule has 0 atom stereocenters. The maximum atomic E-state index is 12.7. The number of thioether (sulfide) groups is 1. The molecule has 0 aliphatic carbocycles. The van der Waals surface area contributed by atoms with Gasteiger partial charge < -0.3 is 14.4 Å². The van der Waals surface area contributed by atoms with E-state index in [1.807, 2.05) is 54.4 Å². The predicted octanol–water partition coefficient (Wildman–Crippen LogP) is 7.59. The number of benzene rings is 3. The number of hydrogen-bond donors (Lipinski definition) is 2. The first-order chi connectivity index (χ1) is 22.2. The van der Waals surface area contributed by atoms with E-state index in [-0.39, 0.29) is 5.69 Å². The van der Waals surface area contributed by atoms with Crippen LogP contribution in [0.25, 0.3) is 32.8 Å². The summed E-state index contributed by atoms with van der Waals surface area (Å²) >= 11 is 8.71. The minimum Gasteiger partial charge on any atom is -0.493 e. The summed E-state index contributed by atoms with van der Waals surface area (Å²) in [7, 11) is 4.04. The molecule has 0 unspecified atom stereocenters. The molecule has 0 saturated carbocycles. The highest BCUT2D eigenvalue weighted by Gasteiger charge is 2.27. The van der Waals surface area contributed by atoms with Gasteiger partial charge in [0.1, 0.15) is 11.4 Å². The Hall–Kier alpha value is -4.25. The first-order valence-corrected chi connectivity index (χ1v) is 16.6. The lowest BCUT2D eigenvalue weighted by Crippen LogP contribution is -2.18. The molecule has 9 nitrogen and oxygen atoms in total. The zero-order chi connectivity index (χ0) is 32.1. The van der Waals surface area contributed by atoms with E-state index in [0.29, 0.717) is 43.2 Å². The van der Waals surface area contributed by atoms with Crippen molar-refractivity contribution in [3.05, 3.63) is 93.7 Å². The Morgan fingerprint density at radius 1 is 1.07 bits per heavy atom. The lowest BCUT2D eigenvalue weighted by Gasteiger charge is -2.16. The Labute approximate surface area is 276 Å². The van der Waals surface area contributed by atoms with E-state index in [1.165, 1.54) is 0 Å². The molecule has 3 aromatic heterocycles. The van der Waals surface area contributed by atoms with Crippen LogP contribution in [-0.2, 0) is 32.4 Å². The average Bonchev–Trinajstić information content (AvgIpc) is 3.65. The number of nitrogens with zero attached hydrogens (tertiary/aromatic N) is 5. The maximum absolute atomic E-state index is 12.7. The molecule has 11 heteroatoms. The van der Waals surface area contributed by atoms with Gasteiger partial charge in [0.2, 0.25) is 0 Å². The van der Waals surface area contributed by atoms with Crippen LogP contribution in [0.2, 0.25) is 5.02 Å². The highest BCUT2D eigenvalue weighted by molar-refractivity contribution is 7.98. The third-order valence-electron chi connectivity index (χ3n) is 8.74. The molecule has 7 rings (SSSR count). The van der Waals surface area contributed by atoms with Crippen molar-refractivity contribution in [1.82, 2.24) is 29.4 Å². The summed E-state index contributed by atoms with van der Waals surface area (Å²) in [5.74, 6) is 0.617. The second-order valence-electron chi connectivity index (χ2n) is 12.0. The number of aromatic nitrogens is 5. The highest BCUT2D eigenvalue weighted by atomic mass is 35.5. The van der Waals surface area contributed by atoms with Crippen molar-refractivity contribution < 1.29 is 14.6 Å². The van der Waals surface area contributed by atoms with E-state index in [4.69, 9.17) is 21.4 Å². The van der Waals surface area contributed by atoms with Gasteiger partial charge in [-0.15, -0.1) is 11.8 Å². The molecule has 0 fully saturated rings. The summed E-state index contributed by atoms with van der Waals surface area (Å²) in [6.45, 7) is 5.93. The third-order valence-corrected chi connectivity index (χ3v) is 10.1. The molecule has 1 aliphatic rings. The van der Waals surface area contributed by atoms with Gasteiger partial charge >= 0.3 is 5.97 Å². The normalized spacial score (nSPS) is 14.7. The standard InChI is InChI=1S/C35H35ClN6O3S/c1-20-31-29-11-10-27(36)33(31)32-21(2)37-38-28(32)18-40(3)17-23-15-24(41(4)39-23)19-46-25-14-22-8-5-6-9-26(22)30(16-25)45-13-7-12-42(29)34(20)35(43)44/h5-6,8-11,14-16H,7,12-13,17-19H2,1-4H3,(H,37,38)(H,43,44). The number of hydrogen-bond acceptors (Lipinski definition) is 6. The molecule has 0 saturated heterocycles. The van der Waals surface area contributed by atoms with Crippen molar-refractivity contribution in [3.8, 4) is 16.9 Å². The Morgan fingerprint density at radius 3 is 2.72 bits per heavy atom. The number of carbonyl (C=O) groups is 1. The van der Waals surface area contributed by atoms with Crippen LogP contribution in [0.3, 0.4) is 0 Å². The highest BCUT2D eigenvalue weighted by Crippen LogP contribution is 2.42. The summed E-state index contributed by atoms with van der Waals surface area (Å²) in [4.78, 5) is 16.0. The number of rotatable bonds is 1. The predicted molar refractivity (Wildman–Crippen MR) is 183 cm³/mol. The quantitative estimate of drug-likeness (QED) is 0.188. The number of carboxylic acids is 1. The molecule has 0 amide bonds. The number of halogens is 1. The van der Waals surface area contributed by atoms with E-state index in [2.05, 4.69) is 52.5 Å². The molecule has 3 aromatic carbocycles. The summed E-state index contributed by atoms with van der Waals surface area (Å²) in [5.41, 5.74) is 7.30. The van der Waals surface area contributed by atoms with Gasteiger partial charge in [-0.25, -0.2) is 4.79 Å². The van der Waals surface area contributed by atoms with Crippen LogP contribution in [0.15, 0.2) is 59.5 Å². The molecular formula is C35H35ClN6O3S. The number of aromatic amines is 1. The van der Waals surface area contributed by atoms with Crippen molar-refractivity contribution >= 4 is 51.0 Å². The first-order valence-electron chi connectivity index (χ1n) is 15.3. The first kappa shape index (κ1) is 30.4. The van der Waals surface area contributed by atoms with Crippen LogP contribution in [0.5, 0.6) is 5.75 Å². The second kappa shape index (κ2) is 12.2. The topological polar surface area (TPSA) is 101 Å². The Balaban J connectivity index is 1.36. The minimum absolute atomic E-state index is 0.260. The van der Waals surface area contributed by atoms with E-state index in [9.17, 15) is 9.90 Å². The zero-order valence-electron chi connectivity index (χ0n) is 26.2. The summed E-state index contributed by atoms with van der Waals surface area (Å²) in [6, 6.07) is 18.5. The van der Waals surface area contributed by atoms with Gasteiger partial charge in [-0.1, -0.05) is 35.9 Å². The molecule has 236 valence electrons. The third kappa shape index (κ3) is 5.44. The van der Waals surface area contributed by atoms with Crippen LogP contribution >= 0.6 is 23.4 Å². The molecular weight excluding hydrogens is 620 g/mol. The molecule has 1 aliphatic heterocycles. The van der Waals surface area contributed by atoms with Crippen molar-refractivity contribution in [2.45, 2.75) is 50.6 Å². The molecule has 8 bridgehead atoms. The number of aromatic carboxylic acids is 1. The fourth-order valence-electron chi connectivity index (χ4n) is 6.68. The largest absolute Gasteiger partial charge is 0.493 e. The van der Waals surface area contributed by atoms with Gasteiger partial charge in [0.25, 0.3) is 0 Å². The second-order valence-corrected chi connectivity index (χ2v) is 13.4. The van der Waals surface area contributed by atoms with Crippen LogP contribution in [0.4, 0.5) is 0 Å². The number of ether oxygens (including phenoxy) is 1. The van der Waals surface area contributed by atoms with Gasteiger partial charge in [-0.2, -0.15) is 10.2 Å². The number of nitrogens with one attached hydrogen (secondary N) is 1. The van der Waals surface area contributed by atoms with E-state index in [0.717, 1.165) is 72.0 Å². The van der Waals surface area contributed by atoms with Crippen LogP contribution in [-0.4, -0.2) is 54.2 Å². The van der Waals surface area contributed by atoms with Crippen molar-refractivity contribution in [3.63, 3.8) is 0 Å². The van der Waals surface area contributed by atoms with Gasteiger partial charge in [-0.05, 0) is 68.6 Å². The SMILES string of the molecule is Cc1[nH]nc2c1-c1c(Cl)ccc3c1c(C)c(C(=O)O)n3CCCOc1cc(cc3ccccc13)SCc1cc(nn1C)CN(C)C2. The fraction of sp³-hybridized carbons (Fsp3) is 0.286. The van der Waals surface area contributed by atoms with Gasteiger partial charge in [0, 0.05) is 81.2 Å². The molecule has 4 heterocycles. The van der Waals surface area contributed by atoms with E-state index < -0.39 is 5.97 Å². The molecule has 0 spiro atoms.